The third-order valence-electron chi connectivity index (χ3n) is 6.38. The summed E-state index contributed by atoms with van der Waals surface area (Å²) >= 11 is 6.03. The molecule has 7 nitrogen and oxygen atoms in total. The van der Waals surface area contributed by atoms with Crippen LogP contribution in [0.15, 0.2) is 87.2 Å². The summed E-state index contributed by atoms with van der Waals surface area (Å²) < 4.78 is 20.3. The van der Waals surface area contributed by atoms with Gasteiger partial charge in [-0.3, -0.25) is 14.5 Å². The van der Waals surface area contributed by atoms with E-state index in [1.165, 1.54) is 40.1 Å². The van der Waals surface area contributed by atoms with Crippen LogP contribution in [0.5, 0.6) is 5.75 Å². The molecule has 1 aromatic heterocycles. The van der Waals surface area contributed by atoms with Gasteiger partial charge in [-0.2, -0.15) is 0 Å². The van der Waals surface area contributed by atoms with Crippen LogP contribution < -0.4 is 9.64 Å². The maximum Gasteiger partial charge on any atom is 0.301 e. The summed E-state index contributed by atoms with van der Waals surface area (Å²) in [6, 6.07) is 19.3. The highest BCUT2D eigenvalue weighted by molar-refractivity contribution is 9.10. The van der Waals surface area contributed by atoms with Gasteiger partial charge >= 0.3 is 5.91 Å². The number of aliphatic hydroxyl groups excluding tert-OH is 1. The van der Waals surface area contributed by atoms with Crippen molar-refractivity contribution in [2.75, 3.05) is 11.5 Å². The van der Waals surface area contributed by atoms with E-state index in [4.69, 9.17) is 4.74 Å². The Morgan fingerprint density at radius 2 is 1.85 bits per heavy atom. The van der Waals surface area contributed by atoms with Gasteiger partial charge in [-0.1, -0.05) is 76.6 Å². The van der Waals surface area contributed by atoms with Gasteiger partial charge < -0.3 is 9.84 Å². The van der Waals surface area contributed by atoms with E-state index in [1.54, 1.807) is 54.6 Å². The number of ketones is 1. The second-order valence-electron chi connectivity index (χ2n) is 9.22. The van der Waals surface area contributed by atoms with Crippen molar-refractivity contribution in [1.29, 1.82) is 0 Å². The number of carbonyl (C=O) groups is 2. The SMILES string of the molecule is CCCCOc1ccc(C(O)=C2C(=O)C(=O)N(c3nnc(SCc4ccc(F)cc4)s3)C2c2cccc(Br)c2)cc1. The summed E-state index contributed by atoms with van der Waals surface area (Å²) in [6.07, 6.45) is 1.94. The van der Waals surface area contributed by atoms with Crippen molar-refractivity contribution in [3.63, 3.8) is 0 Å². The highest BCUT2D eigenvalue weighted by Crippen LogP contribution is 2.44. The molecule has 0 radical (unpaired) electrons. The van der Waals surface area contributed by atoms with Gasteiger partial charge in [0.15, 0.2) is 4.34 Å². The number of benzene rings is 3. The van der Waals surface area contributed by atoms with E-state index < -0.39 is 17.7 Å². The molecule has 1 aliphatic rings. The van der Waals surface area contributed by atoms with Crippen molar-refractivity contribution in [2.45, 2.75) is 35.9 Å². The topological polar surface area (TPSA) is 92.6 Å². The quantitative estimate of drug-likeness (QED) is 0.0472. The second-order valence-corrected chi connectivity index (χ2v) is 12.3. The van der Waals surface area contributed by atoms with Crippen molar-refractivity contribution >= 4 is 61.6 Å². The number of aromatic nitrogens is 2. The predicted octanol–water partition coefficient (Wildman–Crippen LogP) is 7.54. The first-order valence-corrected chi connectivity index (χ1v) is 15.5. The maximum absolute atomic E-state index is 13.4. The average molecular weight is 655 g/mol. The summed E-state index contributed by atoms with van der Waals surface area (Å²) in [6.45, 7) is 2.67. The number of halogens is 2. The number of ether oxygens (including phenoxy) is 1. The standard InChI is InChI=1S/C30H25BrFN3O4S2/c1-2-3-15-39-23-13-9-19(10-14-23)26(36)24-25(20-5-4-6-21(31)16-20)35(28(38)27(24)37)29-33-34-30(41-29)40-17-18-7-11-22(32)12-8-18/h4-14,16,25,36H,2-3,15,17H2,1H3. The molecule has 0 aliphatic carbocycles. The Balaban J connectivity index is 1.48. The van der Waals surface area contributed by atoms with Crippen LogP contribution >= 0.6 is 39.0 Å². The van der Waals surface area contributed by atoms with Crippen LogP contribution in [-0.4, -0.2) is 33.6 Å². The Morgan fingerprint density at radius 1 is 1.10 bits per heavy atom. The van der Waals surface area contributed by atoms with E-state index in [9.17, 15) is 19.1 Å². The molecule has 1 saturated heterocycles. The maximum atomic E-state index is 13.4. The van der Waals surface area contributed by atoms with E-state index in [0.717, 1.165) is 22.9 Å². The van der Waals surface area contributed by atoms with Crippen LogP contribution in [0.2, 0.25) is 0 Å². The number of rotatable bonds is 10. The highest BCUT2D eigenvalue weighted by Gasteiger charge is 2.48. The van der Waals surface area contributed by atoms with Crippen molar-refractivity contribution < 1.29 is 23.8 Å². The molecule has 0 bridgehead atoms. The summed E-state index contributed by atoms with van der Waals surface area (Å²) in [7, 11) is 0. The molecule has 1 atom stereocenters. The predicted molar refractivity (Wildman–Crippen MR) is 162 cm³/mol. The van der Waals surface area contributed by atoms with Gasteiger partial charge in [-0.15, -0.1) is 10.2 Å². The minimum Gasteiger partial charge on any atom is -0.507 e. The number of unbranched alkanes of at least 4 members (excludes halogenated alkanes) is 1. The number of amides is 1. The normalized spacial score (nSPS) is 16.4. The van der Waals surface area contributed by atoms with E-state index in [1.807, 2.05) is 6.07 Å². The molecular weight excluding hydrogens is 629 g/mol. The Labute approximate surface area is 253 Å². The number of nitrogens with zero attached hydrogens (tertiary/aromatic N) is 3. The lowest BCUT2D eigenvalue weighted by Crippen LogP contribution is -2.29. The molecule has 1 unspecified atom stereocenters. The monoisotopic (exact) mass is 653 g/mol. The zero-order valence-corrected chi connectivity index (χ0v) is 25.1. The molecule has 4 aromatic rings. The Bertz CT molecular complexity index is 1590. The summed E-state index contributed by atoms with van der Waals surface area (Å²) in [4.78, 5) is 28.2. The van der Waals surface area contributed by atoms with Crippen molar-refractivity contribution in [1.82, 2.24) is 10.2 Å². The number of anilines is 1. The van der Waals surface area contributed by atoms with Crippen LogP contribution in [0.4, 0.5) is 9.52 Å². The van der Waals surface area contributed by atoms with Crippen molar-refractivity contribution in [3.05, 3.63) is 105 Å². The van der Waals surface area contributed by atoms with Crippen LogP contribution in [0.25, 0.3) is 5.76 Å². The van der Waals surface area contributed by atoms with Crippen molar-refractivity contribution in [2.24, 2.45) is 0 Å². The minimum absolute atomic E-state index is 0.0385. The first-order chi connectivity index (χ1) is 19.9. The van der Waals surface area contributed by atoms with Crippen molar-refractivity contribution in [3.8, 4) is 5.75 Å². The van der Waals surface area contributed by atoms with Gasteiger partial charge in [0, 0.05) is 15.8 Å². The molecule has 3 aromatic carbocycles. The molecule has 1 aliphatic heterocycles. The fourth-order valence-electron chi connectivity index (χ4n) is 4.30. The molecule has 5 rings (SSSR count). The molecule has 41 heavy (non-hydrogen) atoms. The Kier molecular flexibility index (Phi) is 9.16. The fraction of sp³-hybridized carbons (Fsp3) is 0.200. The molecule has 11 heteroatoms. The smallest absolute Gasteiger partial charge is 0.301 e. The van der Waals surface area contributed by atoms with Crippen LogP contribution in [0.1, 0.15) is 42.5 Å². The lowest BCUT2D eigenvalue weighted by molar-refractivity contribution is -0.132. The van der Waals surface area contributed by atoms with E-state index in [-0.39, 0.29) is 22.3 Å². The molecule has 210 valence electrons. The summed E-state index contributed by atoms with van der Waals surface area (Å²) in [5.41, 5.74) is 1.88. The lowest BCUT2D eigenvalue weighted by atomic mass is 9.95. The van der Waals surface area contributed by atoms with Gasteiger partial charge in [0.2, 0.25) is 5.13 Å². The average Bonchev–Trinajstić information content (AvgIpc) is 3.55. The third kappa shape index (κ3) is 6.52. The largest absolute Gasteiger partial charge is 0.507 e. The number of hydrogen-bond donors (Lipinski definition) is 1. The first-order valence-electron chi connectivity index (χ1n) is 12.9. The Hall–Kier alpha value is -3.54. The number of aliphatic hydroxyl groups is 1. The van der Waals surface area contributed by atoms with Crippen LogP contribution in [-0.2, 0) is 15.3 Å². The number of carbonyl (C=O) groups excluding carboxylic acids is 2. The molecule has 0 saturated carbocycles. The Morgan fingerprint density at radius 3 is 2.56 bits per heavy atom. The fourth-order valence-corrected chi connectivity index (χ4v) is 6.55. The van der Waals surface area contributed by atoms with E-state index >= 15 is 0 Å². The van der Waals surface area contributed by atoms with Crippen LogP contribution in [0.3, 0.4) is 0 Å². The lowest BCUT2D eigenvalue weighted by Gasteiger charge is -2.22. The van der Waals surface area contributed by atoms with E-state index in [2.05, 4.69) is 33.1 Å². The molecule has 1 fully saturated rings. The minimum atomic E-state index is -0.920. The number of hydrogen-bond acceptors (Lipinski definition) is 8. The van der Waals surface area contributed by atoms with E-state index in [0.29, 0.717) is 33.6 Å². The highest BCUT2D eigenvalue weighted by atomic mass is 79.9. The summed E-state index contributed by atoms with van der Waals surface area (Å²) in [5, 5.41) is 20.1. The molecular formula is C30H25BrFN3O4S2. The van der Waals surface area contributed by atoms with Gasteiger partial charge in [0.25, 0.3) is 5.78 Å². The van der Waals surface area contributed by atoms with Gasteiger partial charge in [0.1, 0.15) is 17.3 Å². The molecule has 0 spiro atoms. The first kappa shape index (κ1) is 29.0. The van der Waals surface area contributed by atoms with Gasteiger partial charge in [-0.25, -0.2) is 4.39 Å². The molecule has 2 heterocycles. The number of thioether (sulfide) groups is 1. The zero-order chi connectivity index (χ0) is 28.9. The second kappa shape index (κ2) is 13.0. The van der Waals surface area contributed by atoms with Crippen LogP contribution in [0, 0.1) is 5.82 Å². The third-order valence-corrected chi connectivity index (χ3v) is 9.00. The molecule has 1 amide bonds. The van der Waals surface area contributed by atoms with Gasteiger partial charge in [-0.05, 0) is 66.1 Å². The van der Waals surface area contributed by atoms with Gasteiger partial charge in [0.05, 0.1) is 18.2 Å². The molecule has 1 N–H and O–H groups in total. The summed E-state index contributed by atoms with van der Waals surface area (Å²) in [5.74, 6) is -1.03. The zero-order valence-electron chi connectivity index (χ0n) is 21.9. The number of Topliss-reactive ketones (excluding diaryl/α,β-unsaturated/α-hetero) is 1.